The molecule has 86 valence electrons. The quantitative estimate of drug-likeness (QED) is 0.797. The molecule has 0 bridgehead atoms. The molecule has 3 nitrogen and oxygen atoms in total. The summed E-state index contributed by atoms with van der Waals surface area (Å²) in [5.74, 6) is -0.312. The third kappa shape index (κ3) is 3.00. The van der Waals surface area contributed by atoms with Crippen molar-refractivity contribution in [1.29, 1.82) is 0 Å². The first-order valence-corrected chi connectivity index (χ1v) is 5.29. The van der Waals surface area contributed by atoms with Crippen molar-refractivity contribution in [2.75, 3.05) is 0 Å². The summed E-state index contributed by atoms with van der Waals surface area (Å²) in [6, 6.07) is 3.49. The van der Waals surface area contributed by atoms with E-state index in [2.05, 4.69) is 0 Å². The standard InChI is InChI=1S/C12H14ClNO2/c1-7(2)9-5-8(3-4-11(14)15)12(16)10(13)6-9/h3-7,16H,1-2H3,(H2,14,15)/b4-3-. The molecule has 3 N–H and O–H groups in total. The van der Waals surface area contributed by atoms with Crippen LogP contribution in [-0.4, -0.2) is 11.0 Å². The van der Waals surface area contributed by atoms with Crippen molar-refractivity contribution in [3.63, 3.8) is 0 Å². The molecule has 0 spiro atoms. The molecule has 1 aromatic carbocycles. The zero-order valence-corrected chi connectivity index (χ0v) is 9.95. The summed E-state index contributed by atoms with van der Waals surface area (Å²) in [5.41, 5.74) is 6.47. The second-order valence-electron chi connectivity index (χ2n) is 3.83. The van der Waals surface area contributed by atoms with Gasteiger partial charge in [-0.05, 0) is 29.7 Å². The van der Waals surface area contributed by atoms with Gasteiger partial charge in [-0.1, -0.05) is 25.4 Å². The van der Waals surface area contributed by atoms with Crippen molar-refractivity contribution in [3.8, 4) is 5.75 Å². The predicted octanol–water partition coefficient (Wildman–Crippen LogP) is 2.67. The molecule has 0 aliphatic carbocycles. The first kappa shape index (κ1) is 12.6. The Morgan fingerprint density at radius 3 is 2.62 bits per heavy atom. The molecular formula is C12H14ClNO2. The average molecular weight is 240 g/mol. The fourth-order valence-electron chi connectivity index (χ4n) is 1.27. The van der Waals surface area contributed by atoms with Crippen molar-refractivity contribution in [2.24, 2.45) is 5.73 Å². The molecular weight excluding hydrogens is 226 g/mol. The molecule has 0 unspecified atom stereocenters. The third-order valence-electron chi connectivity index (χ3n) is 2.21. The summed E-state index contributed by atoms with van der Waals surface area (Å²) in [6.45, 7) is 4.04. The molecule has 1 aromatic rings. The van der Waals surface area contributed by atoms with Crippen LogP contribution in [0.2, 0.25) is 5.02 Å². The summed E-state index contributed by atoms with van der Waals surface area (Å²) < 4.78 is 0. The Morgan fingerprint density at radius 1 is 1.50 bits per heavy atom. The molecule has 0 saturated carbocycles. The first-order valence-electron chi connectivity index (χ1n) is 4.91. The van der Waals surface area contributed by atoms with Gasteiger partial charge in [0.1, 0.15) is 5.75 Å². The number of amides is 1. The van der Waals surface area contributed by atoms with E-state index in [0.717, 1.165) is 5.56 Å². The number of carbonyl (C=O) groups is 1. The Balaban J connectivity index is 3.21. The molecule has 0 aliphatic rings. The number of rotatable bonds is 3. The van der Waals surface area contributed by atoms with Gasteiger partial charge in [-0.2, -0.15) is 0 Å². The smallest absolute Gasteiger partial charge is 0.241 e. The Morgan fingerprint density at radius 2 is 2.12 bits per heavy atom. The van der Waals surface area contributed by atoms with Gasteiger partial charge in [0, 0.05) is 11.6 Å². The van der Waals surface area contributed by atoms with E-state index in [1.54, 1.807) is 12.1 Å². The minimum Gasteiger partial charge on any atom is -0.506 e. The molecule has 1 amide bonds. The van der Waals surface area contributed by atoms with Crippen LogP contribution in [0.1, 0.15) is 30.9 Å². The summed E-state index contributed by atoms with van der Waals surface area (Å²) in [5, 5.41) is 9.95. The van der Waals surface area contributed by atoms with Gasteiger partial charge in [-0.15, -0.1) is 0 Å². The lowest BCUT2D eigenvalue weighted by molar-refractivity contribution is -0.113. The maximum absolute atomic E-state index is 10.6. The molecule has 0 radical (unpaired) electrons. The number of hydrogen-bond donors (Lipinski definition) is 2. The van der Waals surface area contributed by atoms with Gasteiger partial charge >= 0.3 is 0 Å². The number of primary amides is 1. The lowest BCUT2D eigenvalue weighted by atomic mass is 10.00. The second kappa shape index (κ2) is 5.03. The van der Waals surface area contributed by atoms with Crippen molar-refractivity contribution in [3.05, 3.63) is 34.4 Å². The number of phenolic OH excluding ortho intramolecular Hbond substituents is 1. The van der Waals surface area contributed by atoms with Gasteiger partial charge in [-0.3, -0.25) is 4.79 Å². The number of hydrogen-bond acceptors (Lipinski definition) is 2. The first-order chi connectivity index (χ1) is 7.41. The molecule has 0 aliphatic heterocycles. The monoisotopic (exact) mass is 239 g/mol. The molecule has 16 heavy (non-hydrogen) atoms. The van der Waals surface area contributed by atoms with Crippen molar-refractivity contribution >= 4 is 23.6 Å². The van der Waals surface area contributed by atoms with E-state index in [-0.39, 0.29) is 10.8 Å². The lowest BCUT2D eigenvalue weighted by Crippen LogP contribution is -2.05. The van der Waals surface area contributed by atoms with E-state index in [1.165, 1.54) is 12.2 Å². The van der Waals surface area contributed by atoms with Crippen molar-refractivity contribution in [1.82, 2.24) is 0 Å². The topological polar surface area (TPSA) is 63.3 Å². The van der Waals surface area contributed by atoms with Crippen molar-refractivity contribution < 1.29 is 9.90 Å². The van der Waals surface area contributed by atoms with Crippen molar-refractivity contribution in [2.45, 2.75) is 19.8 Å². The highest BCUT2D eigenvalue weighted by Gasteiger charge is 2.08. The van der Waals surface area contributed by atoms with Gasteiger partial charge in [0.05, 0.1) is 5.02 Å². The second-order valence-corrected chi connectivity index (χ2v) is 4.24. The summed E-state index contributed by atoms with van der Waals surface area (Å²) >= 11 is 5.88. The van der Waals surface area contributed by atoms with Crippen LogP contribution in [0.4, 0.5) is 0 Å². The molecule has 0 aromatic heterocycles. The zero-order chi connectivity index (χ0) is 12.3. The van der Waals surface area contributed by atoms with E-state index < -0.39 is 5.91 Å². The molecule has 1 rings (SSSR count). The maximum Gasteiger partial charge on any atom is 0.241 e. The number of phenols is 1. The normalized spacial score (nSPS) is 11.2. The molecule has 0 saturated heterocycles. The van der Waals surface area contributed by atoms with Gasteiger partial charge in [-0.25, -0.2) is 0 Å². The number of aromatic hydroxyl groups is 1. The fourth-order valence-corrected chi connectivity index (χ4v) is 1.51. The van der Waals surface area contributed by atoms with Gasteiger partial charge < -0.3 is 10.8 Å². The largest absolute Gasteiger partial charge is 0.506 e. The third-order valence-corrected chi connectivity index (χ3v) is 2.50. The van der Waals surface area contributed by atoms with Gasteiger partial charge in [0.15, 0.2) is 0 Å². The van der Waals surface area contributed by atoms with Crippen LogP contribution >= 0.6 is 11.6 Å². The van der Waals surface area contributed by atoms with Crippen LogP contribution in [0, 0.1) is 0 Å². The van der Waals surface area contributed by atoms with Crippen LogP contribution in [-0.2, 0) is 4.79 Å². The Labute approximate surface area is 99.5 Å². The molecule has 0 atom stereocenters. The van der Waals surface area contributed by atoms with E-state index in [0.29, 0.717) is 11.5 Å². The summed E-state index contributed by atoms with van der Waals surface area (Å²) in [7, 11) is 0. The Hall–Kier alpha value is -1.48. The van der Waals surface area contributed by atoms with E-state index >= 15 is 0 Å². The van der Waals surface area contributed by atoms with E-state index in [9.17, 15) is 9.90 Å². The highest BCUT2D eigenvalue weighted by atomic mass is 35.5. The highest BCUT2D eigenvalue weighted by Crippen LogP contribution is 2.32. The summed E-state index contributed by atoms with van der Waals surface area (Å²) in [4.78, 5) is 10.6. The summed E-state index contributed by atoms with van der Waals surface area (Å²) in [6.07, 6.45) is 2.64. The number of benzene rings is 1. The number of carbonyl (C=O) groups excluding carboxylic acids is 1. The molecule has 4 heteroatoms. The fraction of sp³-hybridized carbons (Fsp3) is 0.250. The predicted molar refractivity (Wildman–Crippen MR) is 65.4 cm³/mol. The van der Waals surface area contributed by atoms with Crippen LogP contribution in [0.15, 0.2) is 18.2 Å². The maximum atomic E-state index is 10.6. The van der Waals surface area contributed by atoms with E-state index in [4.69, 9.17) is 17.3 Å². The molecule has 0 heterocycles. The van der Waals surface area contributed by atoms with E-state index in [1.807, 2.05) is 13.8 Å². The van der Waals surface area contributed by atoms with Gasteiger partial charge in [0.2, 0.25) is 5.91 Å². The SMILES string of the molecule is CC(C)c1cc(Cl)c(O)c(/C=C\C(N)=O)c1. The number of nitrogens with two attached hydrogens (primary N) is 1. The average Bonchev–Trinajstić information content (AvgIpc) is 2.19. The highest BCUT2D eigenvalue weighted by molar-refractivity contribution is 6.32. The Bertz CT molecular complexity index is 439. The minimum atomic E-state index is -0.564. The van der Waals surface area contributed by atoms with Gasteiger partial charge in [0.25, 0.3) is 0 Å². The lowest BCUT2D eigenvalue weighted by Gasteiger charge is -2.09. The van der Waals surface area contributed by atoms with Crippen LogP contribution < -0.4 is 5.73 Å². The minimum absolute atomic E-state index is 0.0384. The zero-order valence-electron chi connectivity index (χ0n) is 9.20. The van der Waals surface area contributed by atoms with Crippen LogP contribution in [0.3, 0.4) is 0 Å². The Kier molecular flexibility index (Phi) is 3.96. The van der Waals surface area contributed by atoms with Crippen LogP contribution in [0.25, 0.3) is 6.08 Å². The van der Waals surface area contributed by atoms with Crippen LogP contribution in [0.5, 0.6) is 5.75 Å². The number of halogens is 1. The molecule has 0 fully saturated rings.